The third kappa shape index (κ3) is 2.87. The zero-order chi connectivity index (χ0) is 10.6. The highest BCUT2D eigenvalue weighted by molar-refractivity contribution is 14.1. The Balaban J connectivity index is 2.76. The van der Waals surface area contributed by atoms with E-state index in [0.717, 1.165) is 9.99 Å². The van der Waals surface area contributed by atoms with Gasteiger partial charge in [-0.1, -0.05) is 6.92 Å². The van der Waals surface area contributed by atoms with E-state index < -0.39 is 0 Å². The quantitative estimate of drug-likeness (QED) is 0.841. The molecule has 0 spiro atoms. The number of amides is 1. The summed E-state index contributed by atoms with van der Waals surface area (Å²) in [7, 11) is 0. The zero-order valence-corrected chi connectivity index (χ0v) is 10.0. The van der Waals surface area contributed by atoms with Crippen molar-refractivity contribution in [3.05, 3.63) is 27.3 Å². The van der Waals surface area contributed by atoms with Crippen molar-refractivity contribution in [2.75, 3.05) is 6.54 Å². The van der Waals surface area contributed by atoms with Crippen LogP contribution in [-0.4, -0.2) is 17.6 Å². The van der Waals surface area contributed by atoms with Crippen LogP contribution < -0.4 is 5.32 Å². The van der Waals surface area contributed by atoms with E-state index >= 15 is 0 Å². The molecule has 2 N–H and O–H groups in total. The summed E-state index contributed by atoms with van der Waals surface area (Å²) in [5, 5.41) is 12.1. The number of hydrogen-bond donors (Lipinski definition) is 2. The van der Waals surface area contributed by atoms with Crippen LogP contribution in [0.5, 0.6) is 5.75 Å². The summed E-state index contributed by atoms with van der Waals surface area (Å²) >= 11 is 2.01. The van der Waals surface area contributed by atoms with Crippen molar-refractivity contribution in [2.45, 2.75) is 13.3 Å². The molecule has 1 rings (SSSR count). The molecule has 1 aromatic carbocycles. The van der Waals surface area contributed by atoms with Gasteiger partial charge in [-0.05, 0) is 47.2 Å². The molecule has 1 amide bonds. The summed E-state index contributed by atoms with van der Waals surface area (Å²) in [6.45, 7) is 2.65. The minimum Gasteiger partial charge on any atom is -0.507 e. The molecule has 0 atom stereocenters. The first-order valence-corrected chi connectivity index (χ1v) is 5.49. The fourth-order valence-electron chi connectivity index (χ4n) is 0.995. The van der Waals surface area contributed by atoms with Gasteiger partial charge in [-0.25, -0.2) is 0 Å². The molecule has 4 heteroatoms. The van der Waals surface area contributed by atoms with Gasteiger partial charge in [-0.2, -0.15) is 0 Å². The van der Waals surface area contributed by atoms with Crippen molar-refractivity contribution >= 4 is 28.5 Å². The number of phenols is 1. The van der Waals surface area contributed by atoms with Crippen LogP contribution in [0.2, 0.25) is 0 Å². The predicted molar refractivity (Wildman–Crippen MR) is 63.4 cm³/mol. The molecule has 0 heterocycles. The highest BCUT2D eigenvalue weighted by atomic mass is 127. The first-order chi connectivity index (χ1) is 6.65. The molecule has 0 aliphatic carbocycles. The number of carbonyl (C=O) groups excluding carboxylic acids is 1. The van der Waals surface area contributed by atoms with Crippen LogP contribution in [0.25, 0.3) is 0 Å². The molecule has 0 radical (unpaired) electrons. The molecular formula is C10H12INO2. The maximum atomic E-state index is 11.4. The van der Waals surface area contributed by atoms with Crippen LogP contribution in [0.4, 0.5) is 0 Å². The average Bonchev–Trinajstić information content (AvgIpc) is 2.18. The lowest BCUT2D eigenvalue weighted by Gasteiger charge is -2.04. The van der Waals surface area contributed by atoms with Crippen molar-refractivity contribution in [1.82, 2.24) is 5.32 Å². The minimum absolute atomic E-state index is 0.140. The van der Waals surface area contributed by atoms with Gasteiger partial charge in [0.1, 0.15) is 5.75 Å². The van der Waals surface area contributed by atoms with Crippen molar-refractivity contribution in [2.24, 2.45) is 0 Å². The van der Waals surface area contributed by atoms with Crippen LogP contribution in [0, 0.1) is 3.57 Å². The Morgan fingerprint density at radius 3 is 2.86 bits per heavy atom. The molecule has 3 nitrogen and oxygen atoms in total. The third-order valence-electron chi connectivity index (χ3n) is 1.74. The second-order valence-electron chi connectivity index (χ2n) is 2.92. The van der Waals surface area contributed by atoms with Gasteiger partial charge >= 0.3 is 0 Å². The molecule has 0 saturated heterocycles. The van der Waals surface area contributed by atoms with Crippen molar-refractivity contribution in [1.29, 1.82) is 0 Å². The summed E-state index contributed by atoms with van der Waals surface area (Å²) in [4.78, 5) is 11.4. The number of phenolic OH excluding ortho intramolecular Hbond substituents is 1. The molecule has 0 bridgehead atoms. The summed E-state index contributed by atoms with van der Waals surface area (Å²) < 4.78 is 0.745. The van der Waals surface area contributed by atoms with E-state index in [0.29, 0.717) is 12.1 Å². The van der Waals surface area contributed by atoms with Gasteiger partial charge in [0.05, 0.1) is 3.57 Å². The Labute approximate surface area is 96.7 Å². The van der Waals surface area contributed by atoms with Gasteiger partial charge in [0, 0.05) is 12.1 Å². The Morgan fingerprint density at radius 2 is 2.29 bits per heavy atom. The molecule has 0 unspecified atom stereocenters. The van der Waals surface area contributed by atoms with Gasteiger partial charge in [-0.3, -0.25) is 4.79 Å². The van der Waals surface area contributed by atoms with E-state index in [-0.39, 0.29) is 11.7 Å². The van der Waals surface area contributed by atoms with Crippen molar-refractivity contribution in [3.8, 4) is 5.75 Å². The van der Waals surface area contributed by atoms with E-state index in [2.05, 4.69) is 5.32 Å². The molecule has 1 aromatic rings. The molecule has 14 heavy (non-hydrogen) atoms. The van der Waals surface area contributed by atoms with Gasteiger partial charge in [0.15, 0.2) is 0 Å². The number of carbonyl (C=O) groups is 1. The number of aromatic hydroxyl groups is 1. The Kier molecular flexibility index (Phi) is 4.19. The largest absolute Gasteiger partial charge is 0.507 e. The molecule has 0 aliphatic heterocycles. The minimum atomic E-state index is -0.140. The molecule has 0 aliphatic rings. The molecule has 0 fully saturated rings. The van der Waals surface area contributed by atoms with E-state index in [1.807, 2.05) is 29.5 Å². The van der Waals surface area contributed by atoms with E-state index in [1.165, 1.54) is 6.07 Å². The number of nitrogens with one attached hydrogen (secondary N) is 1. The topological polar surface area (TPSA) is 49.3 Å². The van der Waals surface area contributed by atoms with Gasteiger partial charge in [0.25, 0.3) is 5.91 Å². The Hall–Kier alpha value is -0.780. The summed E-state index contributed by atoms with van der Waals surface area (Å²) in [6.07, 6.45) is 0.905. The standard InChI is InChI=1S/C10H12INO2/c1-2-5-12-10(14)7-3-4-8(11)9(13)6-7/h3-4,6,13H,2,5H2,1H3,(H,12,14). The average molecular weight is 305 g/mol. The maximum absolute atomic E-state index is 11.4. The molecule has 76 valence electrons. The predicted octanol–water partition coefficient (Wildman–Crippen LogP) is 2.14. The smallest absolute Gasteiger partial charge is 0.251 e. The SMILES string of the molecule is CCCNC(=O)c1ccc(I)c(O)c1. The summed E-state index contributed by atoms with van der Waals surface area (Å²) in [6, 6.07) is 4.90. The molecular weight excluding hydrogens is 293 g/mol. The fraction of sp³-hybridized carbons (Fsp3) is 0.300. The van der Waals surface area contributed by atoms with Crippen molar-refractivity contribution in [3.63, 3.8) is 0 Å². The molecule has 0 saturated carbocycles. The first-order valence-electron chi connectivity index (χ1n) is 4.42. The van der Waals surface area contributed by atoms with Crippen LogP contribution in [0.3, 0.4) is 0 Å². The number of benzene rings is 1. The lowest BCUT2D eigenvalue weighted by Crippen LogP contribution is -2.23. The van der Waals surface area contributed by atoms with Crippen LogP contribution in [0.15, 0.2) is 18.2 Å². The van der Waals surface area contributed by atoms with Gasteiger partial charge in [-0.15, -0.1) is 0 Å². The first kappa shape index (κ1) is 11.3. The van der Waals surface area contributed by atoms with E-state index in [9.17, 15) is 9.90 Å². The van der Waals surface area contributed by atoms with Gasteiger partial charge < -0.3 is 10.4 Å². The van der Waals surface area contributed by atoms with E-state index in [4.69, 9.17) is 0 Å². The second-order valence-corrected chi connectivity index (χ2v) is 4.08. The lowest BCUT2D eigenvalue weighted by molar-refractivity contribution is 0.0953. The van der Waals surface area contributed by atoms with Crippen molar-refractivity contribution < 1.29 is 9.90 Å². The van der Waals surface area contributed by atoms with E-state index in [1.54, 1.807) is 12.1 Å². The van der Waals surface area contributed by atoms with Crippen LogP contribution in [0.1, 0.15) is 23.7 Å². The molecule has 0 aromatic heterocycles. The zero-order valence-electron chi connectivity index (χ0n) is 7.88. The number of hydrogen-bond acceptors (Lipinski definition) is 2. The maximum Gasteiger partial charge on any atom is 0.251 e. The lowest BCUT2D eigenvalue weighted by atomic mass is 10.2. The number of rotatable bonds is 3. The number of halogens is 1. The monoisotopic (exact) mass is 305 g/mol. The van der Waals surface area contributed by atoms with Crippen LogP contribution in [-0.2, 0) is 0 Å². The Bertz CT molecular complexity index is 339. The highest BCUT2D eigenvalue weighted by Crippen LogP contribution is 2.20. The van der Waals surface area contributed by atoms with Gasteiger partial charge in [0.2, 0.25) is 0 Å². The third-order valence-corrected chi connectivity index (χ3v) is 2.66. The Morgan fingerprint density at radius 1 is 1.57 bits per heavy atom. The summed E-state index contributed by atoms with van der Waals surface area (Å²) in [5.74, 6) is 0.00768. The second kappa shape index (κ2) is 5.19. The normalized spacial score (nSPS) is 9.86. The fourth-order valence-corrected chi connectivity index (χ4v) is 1.33. The van der Waals surface area contributed by atoms with Crippen LogP contribution >= 0.6 is 22.6 Å². The summed E-state index contributed by atoms with van der Waals surface area (Å²) in [5.41, 5.74) is 0.497. The highest BCUT2D eigenvalue weighted by Gasteiger charge is 2.06.